The average molecular weight is 396 g/mol. The Morgan fingerprint density at radius 2 is 2.04 bits per heavy atom. The molecule has 4 nitrogen and oxygen atoms in total. The molecule has 0 saturated carbocycles. The van der Waals surface area contributed by atoms with E-state index >= 15 is 0 Å². The number of aliphatic hydroxyl groups excluding tert-OH is 1. The van der Waals surface area contributed by atoms with Crippen molar-refractivity contribution >= 4 is 17.6 Å². The lowest BCUT2D eigenvalue weighted by Crippen LogP contribution is -2.35. The second-order valence-corrected chi connectivity index (χ2v) is 8.13. The first-order valence-corrected chi connectivity index (χ1v) is 10.7. The number of aryl methyl sites for hydroxylation is 1. The van der Waals surface area contributed by atoms with E-state index in [-0.39, 0.29) is 17.5 Å². The maximum absolute atomic E-state index is 11.5. The standard InChI is InChI=1S/C22H34ClNO3/c1-3-4-5-6-19(25)13-15-24-16-14-20(23)21(24)12-9-17-7-10-18(11-8-17)22(26)27-2/h7-8,10-11,19-21,25H,3-6,9,12-16H2,1-2H3. The van der Waals surface area contributed by atoms with E-state index < -0.39 is 0 Å². The summed E-state index contributed by atoms with van der Waals surface area (Å²) in [7, 11) is 1.40. The van der Waals surface area contributed by atoms with Crippen LogP contribution in [0.2, 0.25) is 0 Å². The number of halogens is 1. The van der Waals surface area contributed by atoms with Crippen LogP contribution in [0.1, 0.15) is 67.8 Å². The van der Waals surface area contributed by atoms with Crippen LogP contribution in [0.5, 0.6) is 0 Å². The zero-order valence-corrected chi connectivity index (χ0v) is 17.5. The number of carbonyl (C=O) groups is 1. The third-order valence-corrected chi connectivity index (χ3v) is 6.08. The van der Waals surface area contributed by atoms with Gasteiger partial charge in [-0.15, -0.1) is 11.6 Å². The molecule has 1 N–H and O–H groups in total. The van der Waals surface area contributed by atoms with Crippen LogP contribution in [0.15, 0.2) is 24.3 Å². The van der Waals surface area contributed by atoms with Crippen LogP contribution >= 0.6 is 11.6 Å². The SMILES string of the molecule is CCCCCC(O)CCN1CCC(Cl)C1CCc1ccc(C(=O)OC)cc1. The molecule has 2 rings (SSSR count). The van der Waals surface area contributed by atoms with E-state index in [2.05, 4.69) is 11.8 Å². The summed E-state index contributed by atoms with van der Waals surface area (Å²) in [6, 6.07) is 7.98. The molecule has 0 aromatic heterocycles. The van der Waals surface area contributed by atoms with Crippen molar-refractivity contribution in [1.29, 1.82) is 0 Å². The second kappa shape index (κ2) is 11.7. The van der Waals surface area contributed by atoms with Crippen LogP contribution in [0.4, 0.5) is 0 Å². The van der Waals surface area contributed by atoms with Crippen molar-refractivity contribution in [1.82, 2.24) is 4.90 Å². The van der Waals surface area contributed by atoms with Gasteiger partial charge in [-0.3, -0.25) is 4.90 Å². The fourth-order valence-electron chi connectivity index (χ4n) is 3.85. The Kier molecular flexibility index (Phi) is 9.60. The quantitative estimate of drug-likeness (QED) is 0.342. The zero-order chi connectivity index (χ0) is 19.6. The molecule has 3 unspecified atom stereocenters. The van der Waals surface area contributed by atoms with Crippen LogP contribution in [-0.2, 0) is 11.2 Å². The number of esters is 1. The summed E-state index contributed by atoms with van der Waals surface area (Å²) in [5.41, 5.74) is 1.79. The topological polar surface area (TPSA) is 49.8 Å². The molecule has 1 aliphatic heterocycles. The van der Waals surface area contributed by atoms with E-state index in [1.54, 1.807) is 0 Å². The highest BCUT2D eigenvalue weighted by molar-refractivity contribution is 6.21. The Morgan fingerprint density at radius 1 is 1.30 bits per heavy atom. The van der Waals surface area contributed by atoms with Gasteiger partial charge >= 0.3 is 5.97 Å². The van der Waals surface area contributed by atoms with Gasteiger partial charge in [0.15, 0.2) is 0 Å². The van der Waals surface area contributed by atoms with Gasteiger partial charge in [0.2, 0.25) is 0 Å². The van der Waals surface area contributed by atoms with Crippen molar-refractivity contribution in [2.45, 2.75) is 75.8 Å². The zero-order valence-electron chi connectivity index (χ0n) is 16.7. The average Bonchev–Trinajstić information content (AvgIpc) is 3.04. The number of methoxy groups -OCH3 is 1. The third kappa shape index (κ3) is 7.10. The highest BCUT2D eigenvalue weighted by Crippen LogP contribution is 2.27. The van der Waals surface area contributed by atoms with Crippen LogP contribution in [0.25, 0.3) is 0 Å². The van der Waals surface area contributed by atoms with Crippen molar-refractivity contribution in [3.05, 3.63) is 35.4 Å². The number of hydrogen-bond acceptors (Lipinski definition) is 4. The lowest BCUT2D eigenvalue weighted by Gasteiger charge is -2.27. The highest BCUT2D eigenvalue weighted by Gasteiger charge is 2.32. The number of likely N-dealkylation sites (tertiary alicyclic amines) is 1. The van der Waals surface area contributed by atoms with Crippen molar-refractivity contribution in [3.63, 3.8) is 0 Å². The molecule has 1 aromatic rings. The Labute approximate surface area is 168 Å². The maximum atomic E-state index is 11.5. The molecule has 1 heterocycles. The van der Waals surface area contributed by atoms with E-state index in [1.807, 2.05) is 24.3 Å². The largest absolute Gasteiger partial charge is 0.465 e. The molecule has 0 radical (unpaired) electrons. The molecule has 1 fully saturated rings. The first kappa shape index (κ1) is 22.2. The Bertz CT molecular complexity index is 563. The Balaban J connectivity index is 1.80. The van der Waals surface area contributed by atoms with Gasteiger partial charge < -0.3 is 9.84 Å². The van der Waals surface area contributed by atoms with E-state index in [0.717, 1.165) is 51.6 Å². The van der Waals surface area contributed by atoms with Crippen LogP contribution < -0.4 is 0 Å². The van der Waals surface area contributed by atoms with Crippen LogP contribution in [-0.4, -0.2) is 53.7 Å². The van der Waals surface area contributed by atoms with E-state index in [9.17, 15) is 9.90 Å². The molecule has 152 valence electrons. The third-order valence-electron chi connectivity index (χ3n) is 5.57. The molecule has 5 heteroatoms. The van der Waals surface area contributed by atoms with Gasteiger partial charge in [-0.25, -0.2) is 4.79 Å². The monoisotopic (exact) mass is 395 g/mol. The van der Waals surface area contributed by atoms with Gasteiger partial charge in [0, 0.05) is 12.6 Å². The molecule has 27 heavy (non-hydrogen) atoms. The Hall–Kier alpha value is -1.10. The molecule has 1 aliphatic rings. The summed E-state index contributed by atoms with van der Waals surface area (Å²) in [5.74, 6) is -0.304. The molecule has 0 aliphatic carbocycles. The number of alkyl halides is 1. The van der Waals surface area contributed by atoms with Crippen molar-refractivity contribution in [2.75, 3.05) is 20.2 Å². The van der Waals surface area contributed by atoms with Crippen molar-refractivity contribution in [3.8, 4) is 0 Å². The van der Waals surface area contributed by atoms with Gasteiger partial charge in [-0.05, 0) is 56.3 Å². The van der Waals surface area contributed by atoms with Gasteiger partial charge in [0.1, 0.15) is 0 Å². The second-order valence-electron chi connectivity index (χ2n) is 7.57. The van der Waals surface area contributed by atoms with Crippen molar-refractivity contribution < 1.29 is 14.6 Å². The maximum Gasteiger partial charge on any atom is 0.337 e. The number of ether oxygens (including phenoxy) is 1. The van der Waals surface area contributed by atoms with E-state index in [4.69, 9.17) is 16.3 Å². The fraction of sp³-hybridized carbons (Fsp3) is 0.682. The minimum Gasteiger partial charge on any atom is -0.465 e. The van der Waals surface area contributed by atoms with E-state index in [1.165, 1.54) is 25.5 Å². The van der Waals surface area contributed by atoms with Gasteiger partial charge in [0.05, 0.1) is 24.2 Å². The number of benzene rings is 1. The predicted molar refractivity (Wildman–Crippen MR) is 110 cm³/mol. The highest BCUT2D eigenvalue weighted by atomic mass is 35.5. The number of carbonyl (C=O) groups excluding carboxylic acids is 1. The molecule has 0 spiro atoms. The molecular formula is C22H34ClNO3. The normalized spacial score (nSPS) is 21.3. The summed E-state index contributed by atoms with van der Waals surface area (Å²) >= 11 is 6.58. The summed E-state index contributed by atoms with van der Waals surface area (Å²) in [6.07, 6.45) is 7.98. The minimum absolute atomic E-state index is 0.177. The smallest absolute Gasteiger partial charge is 0.337 e. The summed E-state index contributed by atoms with van der Waals surface area (Å²) in [6.45, 7) is 4.12. The van der Waals surface area contributed by atoms with Gasteiger partial charge in [-0.2, -0.15) is 0 Å². The number of aliphatic hydroxyl groups is 1. The number of nitrogens with zero attached hydrogens (tertiary/aromatic N) is 1. The van der Waals surface area contributed by atoms with Gasteiger partial charge in [0.25, 0.3) is 0 Å². The predicted octanol–water partition coefficient (Wildman–Crippen LogP) is 4.42. The fourth-order valence-corrected chi connectivity index (χ4v) is 4.23. The summed E-state index contributed by atoms with van der Waals surface area (Å²) < 4.78 is 4.74. The molecular weight excluding hydrogens is 362 g/mol. The molecule has 1 saturated heterocycles. The van der Waals surface area contributed by atoms with Gasteiger partial charge in [-0.1, -0.05) is 38.3 Å². The van der Waals surface area contributed by atoms with Crippen LogP contribution in [0, 0.1) is 0 Å². The summed E-state index contributed by atoms with van der Waals surface area (Å²) in [4.78, 5) is 14.0. The summed E-state index contributed by atoms with van der Waals surface area (Å²) in [5, 5.41) is 10.4. The number of unbranched alkanes of at least 4 members (excludes halogenated alkanes) is 2. The Morgan fingerprint density at radius 3 is 2.70 bits per heavy atom. The molecule has 3 atom stereocenters. The minimum atomic E-state index is -0.304. The van der Waals surface area contributed by atoms with Crippen molar-refractivity contribution in [2.24, 2.45) is 0 Å². The molecule has 0 bridgehead atoms. The lowest BCUT2D eigenvalue weighted by atomic mass is 10.0. The first-order valence-electron chi connectivity index (χ1n) is 10.3. The van der Waals surface area contributed by atoms with Crippen LogP contribution in [0.3, 0.4) is 0 Å². The first-order chi connectivity index (χ1) is 13.0. The van der Waals surface area contributed by atoms with E-state index in [0.29, 0.717) is 11.6 Å². The molecule has 1 aromatic carbocycles. The number of hydrogen-bond donors (Lipinski definition) is 1. The number of rotatable bonds is 11. The lowest BCUT2D eigenvalue weighted by molar-refractivity contribution is 0.0600. The molecule has 0 amide bonds.